The highest BCUT2D eigenvalue weighted by atomic mass is 79.9. The highest BCUT2D eigenvalue weighted by Gasteiger charge is 2.13. The zero-order chi connectivity index (χ0) is 14.4. The third-order valence-corrected chi connectivity index (χ3v) is 3.34. The largest absolute Gasteiger partial charge is 0.491 e. The molecular weight excluding hydrogens is 308 g/mol. The molecule has 0 saturated carbocycles. The summed E-state index contributed by atoms with van der Waals surface area (Å²) in [5.41, 5.74) is 6.29. The average molecular weight is 329 g/mol. The van der Waals surface area contributed by atoms with Crippen molar-refractivity contribution in [2.24, 2.45) is 11.7 Å². The van der Waals surface area contributed by atoms with E-state index in [9.17, 15) is 4.79 Å². The van der Waals surface area contributed by atoms with Gasteiger partial charge in [0.2, 0.25) is 5.91 Å². The second kappa shape index (κ2) is 7.50. The van der Waals surface area contributed by atoms with Crippen molar-refractivity contribution in [3.8, 4) is 5.75 Å². The lowest BCUT2D eigenvalue weighted by molar-refractivity contribution is -0.122. The Balaban J connectivity index is 2.77. The van der Waals surface area contributed by atoms with Crippen LogP contribution in [0.3, 0.4) is 0 Å². The van der Waals surface area contributed by atoms with Crippen LogP contribution in [0.1, 0.15) is 26.3 Å². The second-order valence-corrected chi connectivity index (χ2v) is 5.73. The number of hydrogen-bond acceptors (Lipinski definition) is 3. The summed E-state index contributed by atoms with van der Waals surface area (Å²) in [5.74, 6) is 0.107. The van der Waals surface area contributed by atoms with Gasteiger partial charge in [-0.1, -0.05) is 32.9 Å². The first-order chi connectivity index (χ1) is 8.91. The number of hydrogen-bond donors (Lipinski definition) is 2. The fourth-order valence-electron chi connectivity index (χ4n) is 1.46. The minimum atomic E-state index is -0.353. The molecule has 1 aromatic rings. The number of halogens is 1. The maximum Gasteiger partial charge on any atom is 0.223 e. The maximum atomic E-state index is 11.0. The van der Waals surface area contributed by atoms with Crippen LogP contribution in [0.4, 0.5) is 0 Å². The summed E-state index contributed by atoms with van der Waals surface area (Å²) in [6.45, 7) is 6.94. The molecule has 0 aliphatic carbocycles. The van der Waals surface area contributed by atoms with Crippen molar-refractivity contribution in [3.63, 3.8) is 0 Å². The van der Waals surface area contributed by atoms with Crippen molar-refractivity contribution < 1.29 is 9.53 Å². The molecule has 0 aliphatic heterocycles. The number of rotatable bonds is 7. The fourth-order valence-corrected chi connectivity index (χ4v) is 1.98. The van der Waals surface area contributed by atoms with Crippen LogP contribution in [0.2, 0.25) is 0 Å². The van der Waals surface area contributed by atoms with Crippen molar-refractivity contribution in [1.29, 1.82) is 0 Å². The molecular formula is C14H21BrN2O2. The molecule has 0 heterocycles. The molecule has 0 bridgehead atoms. The van der Waals surface area contributed by atoms with Crippen LogP contribution < -0.4 is 15.8 Å². The number of ether oxygens (including phenoxy) is 1. The number of nitrogens with two attached hydrogens (primary N) is 1. The highest BCUT2D eigenvalue weighted by Crippen LogP contribution is 2.29. The summed E-state index contributed by atoms with van der Waals surface area (Å²) in [6, 6.07) is 6.29. The molecule has 1 rings (SSSR count). The number of carbonyl (C=O) groups is 1. The third-order valence-electron chi connectivity index (χ3n) is 2.71. The predicted octanol–water partition coefficient (Wildman–Crippen LogP) is 2.45. The van der Waals surface area contributed by atoms with Crippen LogP contribution in [0, 0.1) is 5.92 Å². The van der Waals surface area contributed by atoms with Gasteiger partial charge in [-0.3, -0.25) is 4.79 Å². The van der Waals surface area contributed by atoms with E-state index in [1.807, 2.05) is 18.2 Å². The van der Waals surface area contributed by atoms with Crippen molar-refractivity contribution in [2.75, 3.05) is 6.61 Å². The van der Waals surface area contributed by atoms with Crippen molar-refractivity contribution in [3.05, 3.63) is 28.2 Å². The van der Waals surface area contributed by atoms with Crippen LogP contribution in [0.5, 0.6) is 5.75 Å². The monoisotopic (exact) mass is 328 g/mol. The first-order valence-electron chi connectivity index (χ1n) is 6.34. The van der Waals surface area contributed by atoms with Crippen LogP contribution in [-0.2, 0) is 11.3 Å². The summed E-state index contributed by atoms with van der Waals surface area (Å²) in [6.07, 6.45) is 0. The number of nitrogens with one attached hydrogen (secondary N) is 1. The van der Waals surface area contributed by atoms with Gasteiger partial charge in [0, 0.05) is 18.2 Å². The standard InChI is InChI=1S/C14H21BrN2O2/c1-9(2)17-7-11-5-4-6-12(15)13(11)19-8-10(3)14(16)18/h4-6,9-10,17H,7-8H2,1-3H3,(H2,16,18). The molecule has 0 aromatic heterocycles. The molecule has 4 nitrogen and oxygen atoms in total. The number of primary amides is 1. The Hall–Kier alpha value is -1.07. The van der Waals surface area contributed by atoms with E-state index >= 15 is 0 Å². The normalized spacial score (nSPS) is 12.5. The zero-order valence-electron chi connectivity index (χ0n) is 11.6. The molecule has 3 N–H and O–H groups in total. The molecule has 1 unspecified atom stereocenters. The van der Waals surface area contributed by atoms with E-state index < -0.39 is 0 Å². The Morgan fingerprint density at radius 3 is 2.68 bits per heavy atom. The summed E-state index contributed by atoms with van der Waals surface area (Å²) in [5, 5.41) is 3.35. The number of carbonyl (C=O) groups excluding carboxylic acids is 1. The topological polar surface area (TPSA) is 64.3 Å². The molecule has 1 aromatic carbocycles. The Bertz CT molecular complexity index is 435. The summed E-state index contributed by atoms with van der Waals surface area (Å²) in [7, 11) is 0. The lowest BCUT2D eigenvalue weighted by Gasteiger charge is -2.16. The Morgan fingerprint density at radius 1 is 1.42 bits per heavy atom. The quantitative estimate of drug-likeness (QED) is 0.808. The summed E-state index contributed by atoms with van der Waals surface area (Å²) in [4.78, 5) is 11.0. The molecule has 1 amide bonds. The van der Waals surface area contributed by atoms with Gasteiger partial charge in [-0.25, -0.2) is 0 Å². The second-order valence-electron chi connectivity index (χ2n) is 4.88. The molecule has 0 saturated heterocycles. The smallest absolute Gasteiger partial charge is 0.223 e. The van der Waals surface area contributed by atoms with Crippen molar-refractivity contribution in [1.82, 2.24) is 5.32 Å². The van der Waals surface area contributed by atoms with Gasteiger partial charge in [-0.05, 0) is 22.0 Å². The van der Waals surface area contributed by atoms with Gasteiger partial charge in [0.1, 0.15) is 5.75 Å². The van der Waals surface area contributed by atoms with Gasteiger partial charge in [-0.2, -0.15) is 0 Å². The Kier molecular flexibility index (Phi) is 6.31. The molecule has 1 atom stereocenters. The SMILES string of the molecule is CC(C)NCc1cccc(Br)c1OCC(C)C(N)=O. The zero-order valence-corrected chi connectivity index (χ0v) is 13.2. The maximum absolute atomic E-state index is 11.0. The van der Waals surface area contributed by atoms with Crippen LogP contribution in [-0.4, -0.2) is 18.6 Å². The van der Waals surface area contributed by atoms with Crippen LogP contribution >= 0.6 is 15.9 Å². The third kappa shape index (κ3) is 5.20. The number of amides is 1. The molecule has 0 fully saturated rings. The predicted molar refractivity (Wildman–Crippen MR) is 80.0 cm³/mol. The molecule has 5 heteroatoms. The summed E-state index contributed by atoms with van der Waals surface area (Å²) < 4.78 is 6.62. The molecule has 106 valence electrons. The first kappa shape index (κ1) is 16.0. The van der Waals surface area contributed by atoms with E-state index in [2.05, 4.69) is 35.1 Å². The van der Waals surface area contributed by atoms with E-state index in [-0.39, 0.29) is 18.4 Å². The average Bonchev–Trinajstić information content (AvgIpc) is 2.34. The molecule has 19 heavy (non-hydrogen) atoms. The summed E-state index contributed by atoms with van der Waals surface area (Å²) >= 11 is 3.47. The minimum absolute atomic E-state index is 0.284. The van der Waals surface area contributed by atoms with Crippen molar-refractivity contribution in [2.45, 2.75) is 33.4 Å². The first-order valence-corrected chi connectivity index (χ1v) is 7.14. The van der Waals surface area contributed by atoms with E-state index in [0.29, 0.717) is 6.04 Å². The Morgan fingerprint density at radius 2 is 2.11 bits per heavy atom. The van der Waals surface area contributed by atoms with Gasteiger partial charge in [0.05, 0.1) is 17.0 Å². The minimum Gasteiger partial charge on any atom is -0.491 e. The Labute approximate surface area is 122 Å². The number of para-hydroxylation sites is 1. The molecule has 0 aliphatic rings. The van der Waals surface area contributed by atoms with Gasteiger partial charge in [-0.15, -0.1) is 0 Å². The van der Waals surface area contributed by atoms with Gasteiger partial charge in [0.25, 0.3) is 0 Å². The van der Waals surface area contributed by atoms with Gasteiger partial charge >= 0.3 is 0 Å². The van der Waals surface area contributed by atoms with Crippen molar-refractivity contribution >= 4 is 21.8 Å². The van der Waals surface area contributed by atoms with Gasteiger partial charge < -0.3 is 15.8 Å². The molecule has 0 radical (unpaired) electrons. The van der Waals surface area contributed by atoms with Crippen LogP contribution in [0.15, 0.2) is 22.7 Å². The van der Waals surface area contributed by atoms with E-state index in [0.717, 1.165) is 22.3 Å². The lowest BCUT2D eigenvalue weighted by atomic mass is 10.1. The van der Waals surface area contributed by atoms with E-state index in [1.54, 1.807) is 6.92 Å². The lowest BCUT2D eigenvalue weighted by Crippen LogP contribution is -2.26. The van der Waals surface area contributed by atoms with E-state index in [1.165, 1.54) is 0 Å². The fraction of sp³-hybridized carbons (Fsp3) is 0.500. The number of benzene rings is 1. The van der Waals surface area contributed by atoms with Crippen LogP contribution in [0.25, 0.3) is 0 Å². The highest BCUT2D eigenvalue weighted by molar-refractivity contribution is 9.10. The molecule has 0 spiro atoms. The van der Waals surface area contributed by atoms with Gasteiger partial charge in [0.15, 0.2) is 0 Å². The van der Waals surface area contributed by atoms with E-state index in [4.69, 9.17) is 10.5 Å².